The first-order chi connectivity index (χ1) is 18.5. The molecule has 2 aromatic rings. The summed E-state index contributed by atoms with van der Waals surface area (Å²) in [5.41, 5.74) is 1.84. The molecule has 1 N–H and O–H groups in total. The highest BCUT2D eigenvalue weighted by atomic mass is 33.1. The average molecular weight is 562 g/mol. The smallest absolute Gasteiger partial charge is 0.224 e. The fraction of sp³-hybridized carbons (Fsp3) is 0.500. The highest BCUT2D eigenvalue weighted by Gasteiger charge is 2.35. The Morgan fingerprint density at radius 3 is 2.50 bits per heavy atom. The molecule has 2 unspecified atom stereocenters. The van der Waals surface area contributed by atoms with Gasteiger partial charge in [0.25, 0.3) is 0 Å². The van der Waals surface area contributed by atoms with Crippen molar-refractivity contribution in [1.82, 2.24) is 0 Å². The number of fused-ring (bicyclic) bond motifs is 1. The molecule has 10 heteroatoms. The number of ether oxygens (including phenoxy) is 5. The van der Waals surface area contributed by atoms with Crippen LogP contribution in [0, 0.1) is 5.92 Å². The number of hydrogen-bond donors (Lipinski definition) is 1. The van der Waals surface area contributed by atoms with Crippen molar-refractivity contribution >= 4 is 39.0 Å². The highest BCUT2D eigenvalue weighted by Crippen LogP contribution is 2.47. The maximum absolute atomic E-state index is 13.5. The number of unbranched alkanes of at least 4 members (excludes halogenated alkanes) is 1. The van der Waals surface area contributed by atoms with Gasteiger partial charge in [0.05, 0.1) is 46.7 Å². The predicted octanol–water partition coefficient (Wildman–Crippen LogP) is 5.81. The minimum absolute atomic E-state index is 0.0364. The van der Waals surface area contributed by atoms with Crippen LogP contribution in [0.1, 0.15) is 48.0 Å². The number of rotatable bonds is 12. The van der Waals surface area contributed by atoms with Gasteiger partial charge in [-0.2, -0.15) is 0 Å². The van der Waals surface area contributed by atoms with Crippen molar-refractivity contribution in [1.29, 1.82) is 0 Å². The molecular weight excluding hydrogens is 526 g/mol. The molecule has 4 rings (SSSR count). The van der Waals surface area contributed by atoms with E-state index in [1.54, 1.807) is 13.2 Å². The van der Waals surface area contributed by atoms with Crippen molar-refractivity contribution < 1.29 is 33.3 Å². The summed E-state index contributed by atoms with van der Waals surface area (Å²) in [6.45, 7) is 0.218. The van der Waals surface area contributed by atoms with Gasteiger partial charge >= 0.3 is 0 Å². The molecule has 1 amide bonds. The lowest BCUT2D eigenvalue weighted by molar-refractivity contribution is -0.116. The fourth-order valence-electron chi connectivity index (χ4n) is 4.80. The van der Waals surface area contributed by atoms with Crippen LogP contribution in [0.2, 0.25) is 0 Å². The molecule has 0 spiro atoms. The zero-order valence-corrected chi connectivity index (χ0v) is 23.9. The Labute approximate surface area is 231 Å². The molecule has 0 saturated carbocycles. The SMILES string of the molecule is COc1ccc(CC2COc3cc(OC)c(OC)c(OC)c3C2=O)cc1NC(=O)CCCCC1CCSS1. The van der Waals surface area contributed by atoms with Crippen LogP contribution in [0.5, 0.6) is 28.7 Å². The summed E-state index contributed by atoms with van der Waals surface area (Å²) in [5, 5.41) is 3.72. The van der Waals surface area contributed by atoms with Crippen LogP contribution in [-0.4, -0.2) is 57.7 Å². The summed E-state index contributed by atoms with van der Waals surface area (Å²) >= 11 is 0. The van der Waals surface area contributed by atoms with Gasteiger partial charge in [0.15, 0.2) is 17.3 Å². The first-order valence-corrected chi connectivity index (χ1v) is 15.1. The summed E-state index contributed by atoms with van der Waals surface area (Å²) in [5.74, 6) is 2.74. The van der Waals surface area contributed by atoms with E-state index in [1.807, 2.05) is 39.8 Å². The summed E-state index contributed by atoms with van der Waals surface area (Å²) in [6.07, 6.45) is 5.23. The van der Waals surface area contributed by atoms with E-state index in [0.717, 1.165) is 30.1 Å². The van der Waals surface area contributed by atoms with Crippen LogP contribution in [0.4, 0.5) is 5.69 Å². The molecule has 0 aromatic heterocycles. The van der Waals surface area contributed by atoms with Crippen LogP contribution >= 0.6 is 21.6 Å². The van der Waals surface area contributed by atoms with Gasteiger partial charge < -0.3 is 29.0 Å². The molecule has 2 aromatic carbocycles. The topological polar surface area (TPSA) is 92.3 Å². The lowest BCUT2D eigenvalue weighted by Crippen LogP contribution is -2.30. The predicted molar refractivity (Wildman–Crippen MR) is 152 cm³/mol. The Morgan fingerprint density at radius 1 is 1.03 bits per heavy atom. The number of carbonyl (C=O) groups is 2. The summed E-state index contributed by atoms with van der Waals surface area (Å²) in [6, 6.07) is 7.24. The minimum Gasteiger partial charge on any atom is -0.495 e. The number of methoxy groups -OCH3 is 4. The second kappa shape index (κ2) is 13.4. The summed E-state index contributed by atoms with van der Waals surface area (Å²) in [7, 11) is 10.00. The fourth-order valence-corrected chi connectivity index (χ4v) is 7.83. The number of amides is 1. The number of hydrogen-bond acceptors (Lipinski definition) is 9. The van der Waals surface area contributed by atoms with E-state index in [9.17, 15) is 9.59 Å². The van der Waals surface area contributed by atoms with Gasteiger partial charge in [-0.1, -0.05) is 34.1 Å². The molecule has 206 valence electrons. The average Bonchev–Trinajstić information content (AvgIpc) is 3.45. The monoisotopic (exact) mass is 561 g/mol. The van der Waals surface area contributed by atoms with Crippen molar-refractivity contribution in [2.24, 2.45) is 5.92 Å². The van der Waals surface area contributed by atoms with E-state index in [-0.39, 0.29) is 18.3 Å². The third-order valence-electron chi connectivity index (χ3n) is 6.78. The molecule has 2 heterocycles. The van der Waals surface area contributed by atoms with Crippen molar-refractivity contribution in [3.63, 3.8) is 0 Å². The molecule has 1 saturated heterocycles. The lowest BCUT2D eigenvalue weighted by Gasteiger charge is -2.27. The quantitative estimate of drug-likeness (QED) is 0.255. The van der Waals surface area contributed by atoms with Gasteiger partial charge in [-0.3, -0.25) is 9.59 Å². The van der Waals surface area contributed by atoms with Gasteiger partial charge in [0.1, 0.15) is 17.1 Å². The van der Waals surface area contributed by atoms with Crippen LogP contribution in [0.25, 0.3) is 0 Å². The molecular formula is C28H35NO7S2. The standard InChI is InChI=1S/C28H35NO7S2/c1-32-21-10-9-17(14-20(21)29-24(30)8-6-5-7-19-11-12-37-38-19)13-18-16-36-22-15-23(33-2)27(34-3)28(35-4)25(22)26(18)31/h9-10,14-15,18-19H,5-8,11-13,16H2,1-4H3,(H,29,30). The molecule has 8 nitrogen and oxygen atoms in total. The van der Waals surface area contributed by atoms with Crippen molar-refractivity contribution in [3.8, 4) is 28.7 Å². The normalized spacial score (nSPS) is 18.4. The number of anilines is 1. The van der Waals surface area contributed by atoms with Crippen LogP contribution in [0.3, 0.4) is 0 Å². The number of benzene rings is 2. The maximum Gasteiger partial charge on any atom is 0.224 e. The second-order valence-corrected chi connectivity index (χ2v) is 12.0. The van der Waals surface area contributed by atoms with Crippen molar-refractivity contribution in [2.75, 3.05) is 46.1 Å². The van der Waals surface area contributed by atoms with Crippen molar-refractivity contribution in [3.05, 3.63) is 35.4 Å². The Morgan fingerprint density at radius 2 is 1.82 bits per heavy atom. The van der Waals surface area contributed by atoms with E-state index in [0.29, 0.717) is 52.8 Å². The minimum atomic E-state index is -0.432. The van der Waals surface area contributed by atoms with Gasteiger partial charge in [-0.15, -0.1) is 0 Å². The zero-order chi connectivity index (χ0) is 27.1. The Balaban J connectivity index is 1.43. The molecule has 0 radical (unpaired) electrons. The molecule has 2 aliphatic rings. The summed E-state index contributed by atoms with van der Waals surface area (Å²) < 4.78 is 27.8. The van der Waals surface area contributed by atoms with E-state index < -0.39 is 5.92 Å². The summed E-state index contributed by atoms with van der Waals surface area (Å²) in [4.78, 5) is 26.2. The molecule has 1 fully saturated rings. The molecule has 2 aliphatic heterocycles. The second-order valence-electron chi connectivity index (χ2n) is 9.25. The lowest BCUT2D eigenvalue weighted by atomic mass is 9.88. The Hall–Kier alpha value is -2.72. The Kier molecular flexibility index (Phi) is 9.96. The molecule has 0 aliphatic carbocycles. The van der Waals surface area contributed by atoms with Crippen LogP contribution < -0.4 is 29.0 Å². The highest BCUT2D eigenvalue weighted by molar-refractivity contribution is 8.77. The van der Waals surface area contributed by atoms with Crippen LogP contribution in [0.15, 0.2) is 24.3 Å². The number of ketones is 1. The molecule has 2 atom stereocenters. The van der Waals surface area contributed by atoms with E-state index in [1.165, 1.54) is 33.5 Å². The third-order valence-corrected chi connectivity index (χ3v) is 9.79. The van der Waals surface area contributed by atoms with E-state index in [4.69, 9.17) is 23.7 Å². The largest absolute Gasteiger partial charge is 0.495 e. The zero-order valence-electron chi connectivity index (χ0n) is 22.3. The van der Waals surface area contributed by atoms with E-state index in [2.05, 4.69) is 5.32 Å². The number of Topliss-reactive ketones (excluding diaryl/α,β-unsaturated/α-hetero) is 1. The first-order valence-electron chi connectivity index (χ1n) is 12.7. The number of nitrogens with one attached hydrogen (secondary N) is 1. The molecule has 38 heavy (non-hydrogen) atoms. The number of carbonyl (C=O) groups excluding carboxylic acids is 2. The molecule has 0 bridgehead atoms. The maximum atomic E-state index is 13.5. The van der Waals surface area contributed by atoms with E-state index >= 15 is 0 Å². The Bertz CT molecular complexity index is 1150. The van der Waals surface area contributed by atoms with Crippen molar-refractivity contribution in [2.45, 2.75) is 43.8 Å². The third kappa shape index (κ3) is 6.46. The van der Waals surface area contributed by atoms with Gasteiger partial charge in [0, 0.05) is 23.5 Å². The van der Waals surface area contributed by atoms with Crippen LogP contribution in [-0.2, 0) is 11.2 Å². The van der Waals surface area contributed by atoms with Gasteiger partial charge in [0.2, 0.25) is 11.7 Å². The van der Waals surface area contributed by atoms with Gasteiger partial charge in [-0.25, -0.2) is 0 Å². The van der Waals surface area contributed by atoms with Gasteiger partial charge in [-0.05, 0) is 43.4 Å². The first kappa shape index (κ1) is 28.3.